The fraction of sp³-hybridized carbons (Fsp3) is 1.00. The van der Waals surface area contributed by atoms with Crippen molar-refractivity contribution in [2.45, 2.75) is 32.4 Å². The Balaban J connectivity index is 2.34. The Morgan fingerprint density at radius 2 is 2.27 bits per heavy atom. The van der Waals surface area contributed by atoms with Gasteiger partial charge in [-0.1, -0.05) is 0 Å². The Morgan fingerprint density at radius 1 is 1.53 bits per heavy atom. The van der Waals surface area contributed by atoms with E-state index in [2.05, 4.69) is 24.1 Å². The Morgan fingerprint density at radius 3 is 2.87 bits per heavy atom. The molecule has 1 aliphatic rings. The van der Waals surface area contributed by atoms with E-state index in [4.69, 9.17) is 4.74 Å². The predicted octanol–water partition coefficient (Wildman–Crippen LogP) is 0.0676. The van der Waals surface area contributed by atoms with Gasteiger partial charge in [-0.15, -0.1) is 0 Å². The topological polar surface area (TPSA) is 44.7 Å². The molecule has 1 heterocycles. The number of ether oxygens (including phenoxy) is 1. The quantitative estimate of drug-likeness (QED) is 0.682. The van der Waals surface area contributed by atoms with Crippen molar-refractivity contribution in [3.8, 4) is 0 Å². The van der Waals surface area contributed by atoms with Gasteiger partial charge in [0.2, 0.25) is 0 Å². The predicted molar refractivity (Wildman–Crippen MR) is 61.0 cm³/mol. The maximum atomic E-state index is 9.78. The van der Waals surface area contributed by atoms with Gasteiger partial charge < -0.3 is 15.2 Å². The lowest BCUT2D eigenvalue weighted by atomic mass is 10.00. The highest BCUT2D eigenvalue weighted by Gasteiger charge is 2.30. The normalized spacial score (nSPS) is 24.0. The molecule has 1 rings (SSSR count). The molecule has 2 N–H and O–H groups in total. The first-order valence-corrected chi connectivity index (χ1v) is 5.78. The monoisotopic (exact) mass is 216 g/mol. The standard InChI is InChI=1S/C11H24N2O2/c1-4-15-8-10(14)7-13-6-5-12-9-11(13,2)3/h10,12,14H,4-9H2,1-3H3. The van der Waals surface area contributed by atoms with E-state index in [0.29, 0.717) is 19.8 Å². The smallest absolute Gasteiger partial charge is 0.0900 e. The number of β-amino-alcohol motifs (C(OH)–C–C–N with tert-alkyl or cyclic N) is 1. The minimum absolute atomic E-state index is 0.130. The molecule has 0 amide bonds. The SMILES string of the molecule is CCOCC(O)CN1CCNCC1(C)C. The lowest BCUT2D eigenvalue weighted by Crippen LogP contribution is -2.59. The Hall–Kier alpha value is -0.160. The van der Waals surface area contributed by atoms with Gasteiger partial charge in [0.05, 0.1) is 12.7 Å². The van der Waals surface area contributed by atoms with Crippen molar-refractivity contribution in [2.75, 3.05) is 39.4 Å². The Bertz CT molecular complexity index is 185. The van der Waals surface area contributed by atoms with E-state index in [-0.39, 0.29) is 11.6 Å². The molecule has 1 aliphatic heterocycles. The third-order valence-corrected chi connectivity index (χ3v) is 2.92. The zero-order chi connectivity index (χ0) is 11.3. The van der Waals surface area contributed by atoms with Crippen molar-refractivity contribution < 1.29 is 9.84 Å². The molecular formula is C11H24N2O2. The molecule has 0 aromatic rings. The van der Waals surface area contributed by atoms with Crippen LogP contribution in [0.2, 0.25) is 0 Å². The molecule has 1 fully saturated rings. The number of nitrogens with zero attached hydrogens (tertiary/aromatic N) is 1. The molecule has 1 unspecified atom stereocenters. The summed E-state index contributed by atoms with van der Waals surface area (Å²) >= 11 is 0. The first-order valence-electron chi connectivity index (χ1n) is 5.78. The molecule has 0 bridgehead atoms. The molecule has 15 heavy (non-hydrogen) atoms. The van der Waals surface area contributed by atoms with E-state index in [0.717, 1.165) is 19.6 Å². The highest BCUT2D eigenvalue weighted by molar-refractivity contribution is 4.89. The van der Waals surface area contributed by atoms with Crippen LogP contribution in [0.25, 0.3) is 0 Å². The van der Waals surface area contributed by atoms with E-state index < -0.39 is 0 Å². The maximum Gasteiger partial charge on any atom is 0.0900 e. The minimum atomic E-state index is -0.373. The summed E-state index contributed by atoms with van der Waals surface area (Å²) < 4.78 is 5.21. The van der Waals surface area contributed by atoms with Crippen LogP contribution < -0.4 is 5.32 Å². The molecule has 90 valence electrons. The van der Waals surface area contributed by atoms with Crippen molar-refractivity contribution in [3.05, 3.63) is 0 Å². The number of hydrogen-bond donors (Lipinski definition) is 2. The van der Waals surface area contributed by atoms with Crippen LogP contribution in [0.5, 0.6) is 0 Å². The summed E-state index contributed by atoms with van der Waals surface area (Å²) in [5.74, 6) is 0. The van der Waals surface area contributed by atoms with Crippen LogP contribution in [-0.2, 0) is 4.74 Å². The van der Waals surface area contributed by atoms with Crippen molar-refractivity contribution in [2.24, 2.45) is 0 Å². The average Bonchev–Trinajstić information content (AvgIpc) is 2.18. The highest BCUT2D eigenvalue weighted by Crippen LogP contribution is 2.16. The van der Waals surface area contributed by atoms with Crippen molar-refractivity contribution in [1.29, 1.82) is 0 Å². The van der Waals surface area contributed by atoms with Crippen LogP contribution in [-0.4, -0.2) is 61.0 Å². The minimum Gasteiger partial charge on any atom is -0.389 e. The van der Waals surface area contributed by atoms with Gasteiger partial charge in [-0.25, -0.2) is 0 Å². The van der Waals surface area contributed by atoms with E-state index in [9.17, 15) is 5.11 Å². The number of piperazine rings is 1. The summed E-state index contributed by atoms with van der Waals surface area (Å²) in [7, 11) is 0. The van der Waals surface area contributed by atoms with Crippen LogP contribution in [0.15, 0.2) is 0 Å². The summed E-state index contributed by atoms with van der Waals surface area (Å²) in [5, 5.41) is 13.1. The average molecular weight is 216 g/mol. The van der Waals surface area contributed by atoms with Gasteiger partial charge in [-0.3, -0.25) is 4.90 Å². The number of rotatable bonds is 5. The molecule has 1 saturated heterocycles. The van der Waals surface area contributed by atoms with Crippen LogP contribution in [0.3, 0.4) is 0 Å². The molecule has 0 radical (unpaired) electrons. The zero-order valence-corrected chi connectivity index (χ0v) is 10.1. The van der Waals surface area contributed by atoms with Gasteiger partial charge in [0.25, 0.3) is 0 Å². The second kappa shape index (κ2) is 5.80. The molecule has 0 aliphatic carbocycles. The van der Waals surface area contributed by atoms with Crippen molar-refractivity contribution >= 4 is 0 Å². The fourth-order valence-corrected chi connectivity index (χ4v) is 1.92. The van der Waals surface area contributed by atoms with Gasteiger partial charge in [-0.2, -0.15) is 0 Å². The largest absolute Gasteiger partial charge is 0.389 e. The van der Waals surface area contributed by atoms with Crippen molar-refractivity contribution in [1.82, 2.24) is 10.2 Å². The van der Waals surface area contributed by atoms with Gasteiger partial charge >= 0.3 is 0 Å². The molecule has 0 spiro atoms. The van der Waals surface area contributed by atoms with E-state index in [1.165, 1.54) is 0 Å². The van der Waals surface area contributed by atoms with Gasteiger partial charge in [0.15, 0.2) is 0 Å². The third kappa shape index (κ3) is 4.07. The summed E-state index contributed by atoms with van der Waals surface area (Å²) in [6.07, 6.45) is -0.373. The highest BCUT2D eigenvalue weighted by atomic mass is 16.5. The van der Waals surface area contributed by atoms with E-state index in [1.807, 2.05) is 6.92 Å². The van der Waals surface area contributed by atoms with Gasteiger partial charge in [0, 0.05) is 38.3 Å². The lowest BCUT2D eigenvalue weighted by Gasteiger charge is -2.43. The fourth-order valence-electron chi connectivity index (χ4n) is 1.92. The van der Waals surface area contributed by atoms with Crippen LogP contribution in [0, 0.1) is 0 Å². The van der Waals surface area contributed by atoms with Crippen LogP contribution >= 0.6 is 0 Å². The summed E-state index contributed by atoms with van der Waals surface area (Å²) in [6, 6.07) is 0. The van der Waals surface area contributed by atoms with Crippen LogP contribution in [0.1, 0.15) is 20.8 Å². The number of aliphatic hydroxyl groups is 1. The molecule has 4 heteroatoms. The van der Waals surface area contributed by atoms with Gasteiger partial charge in [0.1, 0.15) is 0 Å². The number of aliphatic hydroxyl groups excluding tert-OH is 1. The summed E-state index contributed by atoms with van der Waals surface area (Å²) in [6.45, 7) is 11.1. The molecule has 0 aromatic carbocycles. The molecule has 1 atom stereocenters. The summed E-state index contributed by atoms with van der Waals surface area (Å²) in [5.41, 5.74) is 0.130. The molecular weight excluding hydrogens is 192 g/mol. The number of hydrogen-bond acceptors (Lipinski definition) is 4. The summed E-state index contributed by atoms with van der Waals surface area (Å²) in [4.78, 5) is 2.33. The Labute approximate surface area is 92.6 Å². The van der Waals surface area contributed by atoms with E-state index >= 15 is 0 Å². The molecule has 0 aromatic heterocycles. The zero-order valence-electron chi connectivity index (χ0n) is 10.1. The van der Waals surface area contributed by atoms with E-state index in [1.54, 1.807) is 0 Å². The molecule has 0 saturated carbocycles. The third-order valence-electron chi connectivity index (χ3n) is 2.92. The van der Waals surface area contributed by atoms with Crippen LogP contribution in [0.4, 0.5) is 0 Å². The second-order valence-electron chi connectivity index (χ2n) is 4.75. The maximum absolute atomic E-state index is 9.78. The lowest BCUT2D eigenvalue weighted by molar-refractivity contribution is -0.00919. The first kappa shape index (κ1) is 12.9. The molecule has 4 nitrogen and oxygen atoms in total. The van der Waals surface area contributed by atoms with Crippen molar-refractivity contribution in [3.63, 3.8) is 0 Å². The second-order valence-corrected chi connectivity index (χ2v) is 4.75. The first-order chi connectivity index (χ1) is 7.06. The number of nitrogens with one attached hydrogen (secondary N) is 1. The van der Waals surface area contributed by atoms with Gasteiger partial charge in [-0.05, 0) is 20.8 Å². The Kier molecular flexibility index (Phi) is 4.99.